The fourth-order valence-electron chi connectivity index (χ4n) is 1.44. The van der Waals surface area contributed by atoms with Crippen molar-refractivity contribution in [3.63, 3.8) is 0 Å². The lowest BCUT2D eigenvalue weighted by Crippen LogP contribution is -2.17. The topological polar surface area (TPSA) is 64.7 Å². The lowest BCUT2D eigenvalue weighted by molar-refractivity contribution is 0.654. The molecule has 0 fully saturated rings. The highest BCUT2D eigenvalue weighted by atomic mass is 79.9. The average molecular weight is 293 g/mol. The molecule has 2 heterocycles. The molecule has 2 rings (SSSR count). The second-order valence-electron chi connectivity index (χ2n) is 3.90. The summed E-state index contributed by atoms with van der Waals surface area (Å²) in [7, 11) is 0. The molecule has 0 bridgehead atoms. The van der Waals surface area contributed by atoms with Crippen LogP contribution in [-0.4, -0.2) is 15.0 Å². The van der Waals surface area contributed by atoms with Crippen LogP contribution in [0.2, 0.25) is 0 Å². The highest BCUT2D eigenvalue weighted by Crippen LogP contribution is 2.13. The van der Waals surface area contributed by atoms with Gasteiger partial charge >= 0.3 is 0 Å². The molecule has 0 spiro atoms. The fourth-order valence-corrected chi connectivity index (χ4v) is 1.67. The van der Waals surface area contributed by atoms with Gasteiger partial charge in [-0.25, -0.2) is 9.97 Å². The lowest BCUT2D eigenvalue weighted by Gasteiger charge is -2.09. The summed E-state index contributed by atoms with van der Waals surface area (Å²) in [4.78, 5) is 12.7. The summed E-state index contributed by atoms with van der Waals surface area (Å²) in [5.74, 6) is 0.653. The SMILES string of the molecule is Cc1cnc(C(N)Cc2ccc(Br)cn2)nc1. The van der Waals surface area contributed by atoms with Crippen molar-refractivity contribution in [3.05, 3.63) is 52.3 Å². The minimum atomic E-state index is -0.218. The van der Waals surface area contributed by atoms with Gasteiger partial charge in [0.2, 0.25) is 0 Å². The van der Waals surface area contributed by atoms with E-state index >= 15 is 0 Å². The molecule has 2 aromatic rings. The predicted molar refractivity (Wildman–Crippen MR) is 69.3 cm³/mol. The third kappa shape index (κ3) is 3.31. The highest BCUT2D eigenvalue weighted by Gasteiger charge is 2.10. The van der Waals surface area contributed by atoms with Gasteiger partial charge in [-0.2, -0.15) is 0 Å². The Kier molecular flexibility index (Phi) is 3.81. The van der Waals surface area contributed by atoms with E-state index in [1.807, 2.05) is 19.1 Å². The largest absolute Gasteiger partial charge is 0.321 e. The van der Waals surface area contributed by atoms with Gasteiger partial charge in [0.25, 0.3) is 0 Å². The number of aryl methyl sites for hydroxylation is 1. The molecule has 4 nitrogen and oxygen atoms in total. The Morgan fingerprint density at radius 1 is 1.18 bits per heavy atom. The zero-order chi connectivity index (χ0) is 12.3. The molecule has 88 valence electrons. The molecule has 2 N–H and O–H groups in total. The van der Waals surface area contributed by atoms with Gasteiger partial charge in [-0.3, -0.25) is 4.98 Å². The fraction of sp³-hybridized carbons (Fsp3) is 0.250. The van der Waals surface area contributed by atoms with Crippen molar-refractivity contribution in [1.29, 1.82) is 0 Å². The number of pyridine rings is 1. The Morgan fingerprint density at radius 3 is 2.47 bits per heavy atom. The van der Waals surface area contributed by atoms with Gasteiger partial charge in [0.05, 0.1) is 6.04 Å². The molecule has 17 heavy (non-hydrogen) atoms. The zero-order valence-corrected chi connectivity index (χ0v) is 11.1. The molecule has 0 amide bonds. The van der Waals surface area contributed by atoms with Crippen LogP contribution in [-0.2, 0) is 6.42 Å². The second kappa shape index (κ2) is 5.33. The van der Waals surface area contributed by atoms with Crippen LogP contribution in [0, 0.1) is 6.92 Å². The minimum Gasteiger partial charge on any atom is -0.321 e. The van der Waals surface area contributed by atoms with E-state index in [2.05, 4.69) is 30.9 Å². The Labute approximate surface area is 108 Å². The first kappa shape index (κ1) is 12.1. The van der Waals surface area contributed by atoms with Gasteiger partial charge in [0.15, 0.2) is 0 Å². The quantitative estimate of drug-likeness (QED) is 0.942. The van der Waals surface area contributed by atoms with Gasteiger partial charge in [0, 0.05) is 35.2 Å². The van der Waals surface area contributed by atoms with Crippen molar-refractivity contribution in [2.75, 3.05) is 0 Å². The summed E-state index contributed by atoms with van der Waals surface area (Å²) in [6, 6.07) is 3.67. The lowest BCUT2D eigenvalue weighted by atomic mass is 10.1. The molecule has 0 aromatic carbocycles. The first-order valence-corrected chi connectivity index (χ1v) is 6.09. The molecule has 0 radical (unpaired) electrons. The van der Waals surface area contributed by atoms with Crippen LogP contribution in [0.5, 0.6) is 0 Å². The molecular weight excluding hydrogens is 280 g/mol. The van der Waals surface area contributed by atoms with Crippen LogP contribution < -0.4 is 5.73 Å². The highest BCUT2D eigenvalue weighted by molar-refractivity contribution is 9.10. The van der Waals surface area contributed by atoms with Gasteiger partial charge in [-0.15, -0.1) is 0 Å². The zero-order valence-electron chi connectivity index (χ0n) is 9.47. The summed E-state index contributed by atoms with van der Waals surface area (Å²) in [6.07, 6.45) is 5.95. The molecule has 0 aliphatic heterocycles. The van der Waals surface area contributed by atoms with Crippen LogP contribution in [0.3, 0.4) is 0 Å². The second-order valence-corrected chi connectivity index (χ2v) is 4.81. The van der Waals surface area contributed by atoms with Gasteiger partial charge in [-0.1, -0.05) is 0 Å². The number of nitrogens with zero attached hydrogens (tertiary/aromatic N) is 3. The third-order valence-corrected chi connectivity index (χ3v) is 2.82. The van der Waals surface area contributed by atoms with Gasteiger partial charge < -0.3 is 5.73 Å². The van der Waals surface area contributed by atoms with Crippen LogP contribution in [0.1, 0.15) is 23.1 Å². The monoisotopic (exact) mass is 292 g/mol. The number of nitrogens with two attached hydrogens (primary N) is 1. The first-order chi connectivity index (χ1) is 8.15. The van der Waals surface area contributed by atoms with Crippen LogP contribution >= 0.6 is 15.9 Å². The van der Waals surface area contributed by atoms with Crippen molar-refractivity contribution in [1.82, 2.24) is 15.0 Å². The van der Waals surface area contributed by atoms with E-state index in [1.165, 1.54) is 0 Å². The van der Waals surface area contributed by atoms with Crippen molar-refractivity contribution < 1.29 is 0 Å². The Morgan fingerprint density at radius 2 is 1.88 bits per heavy atom. The van der Waals surface area contributed by atoms with E-state index in [0.717, 1.165) is 15.7 Å². The van der Waals surface area contributed by atoms with E-state index in [4.69, 9.17) is 5.73 Å². The summed E-state index contributed by atoms with van der Waals surface area (Å²) >= 11 is 3.35. The number of rotatable bonds is 3. The van der Waals surface area contributed by atoms with Crippen molar-refractivity contribution >= 4 is 15.9 Å². The summed E-state index contributed by atoms with van der Waals surface area (Å²) in [5, 5.41) is 0. The standard InChI is InChI=1S/C12H13BrN4/c1-8-5-16-12(17-6-8)11(14)4-10-3-2-9(13)7-15-10/h2-3,5-7,11H,4,14H2,1H3. The molecule has 2 aromatic heterocycles. The van der Waals surface area contributed by atoms with Crippen molar-refractivity contribution in [3.8, 4) is 0 Å². The Balaban J connectivity index is 2.08. The van der Waals surface area contributed by atoms with Gasteiger partial charge in [0.1, 0.15) is 5.82 Å². The number of halogens is 1. The number of aromatic nitrogens is 3. The first-order valence-electron chi connectivity index (χ1n) is 5.29. The van der Waals surface area contributed by atoms with Gasteiger partial charge in [-0.05, 0) is 40.5 Å². The van der Waals surface area contributed by atoms with E-state index < -0.39 is 0 Å². The molecule has 5 heteroatoms. The molecule has 1 unspecified atom stereocenters. The molecule has 0 aliphatic carbocycles. The predicted octanol–water partition coefficient (Wildman–Crippen LogP) is 2.19. The minimum absolute atomic E-state index is 0.218. The Hall–Kier alpha value is -1.33. The van der Waals surface area contributed by atoms with Crippen LogP contribution in [0.4, 0.5) is 0 Å². The number of hydrogen-bond acceptors (Lipinski definition) is 4. The maximum absolute atomic E-state index is 6.04. The maximum atomic E-state index is 6.04. The molecule has 1 atom stereocenters. The third-order valence-electron chi connectivity index (χ3n) is 2.35. The number of hydrogen-bond donors (Lipinski definition) is 1. The Bertz CT molecular complexity index is 481. The molecular formula is C12H13BrN4. The maximum Gasteiger partial charge on any atom is 0.145 e. The summed E-state index contributed by atoms with van der Waals surface area (Å²) in [5.41, 5.74) is 8.00. The molecule has 0 saturated heterocycles. The van der Waals surface area contributed by atoms with E-state index in [9.17, 15) is 0 Å². The van der Waals surface area contributed by atoms with Crippen molar-refractivity contribution in [2.45, 2.75) is 19.4 Å². The molecule has 0 saturated carbocycles. The average Bonchev–Trinajstić information content (AvgIpc) is 2.33. The van der Waals surface area contributed by atoms with Crippen molar-refractivity contribution in [2.24, 2.45) is 5.73 Å². The smallest absolute Gasteiger partial charge is 0.145 e. The summed E-state index contributed by atoms with van der Waals surface area (Å²) in [6.45, 7) is 1.95. The normalized spacial score (nSPS) is 12.4. The van der Waals surface area contributed by atoms with E-state index in [-0.39, 0.29) is 6.04 Å². The van der Waals surface area contributed by atoms with Crippen LogP contribution in [0.15, 0.2) is 35.2 Å². The van der Waals surface area contributed by atoms with Crippen LogP contribution in [0.25, 0.3) is 0 Å². The molecule has 0 aliphatic rings. The summed E-state index contributed by atoms with van der Waals surface area (Å²) < 4.78 is 0.960. The van der Waals surface area contributed by atoms with E-state index in [0.29, 0.717) is 12.2 Å². The van der Waals surface area contributed by atoms with E-state index in [1.54, 1.807) is 18.6 Å².